The number of rotatable bonds is 5. The lowest BCUT2D eigenvalue weighted by Crippen LogP contribution is -2.28. The van der Waals surface area contributed by atoms with Crippen molar-refractivity contribution in [1.82, 2.24) is 5.16 Å². The van der Waals surface area contributed by atoms with Crippen LogP contribution in [0.2, 0.25) is 0 Å². The summed E-state index contributed by atoms with van der Waals surface area (Å²) in [6.45, 7) is 0. The van der Waals surface area contributed by atoms with E-state index in [9.17, 15) is 13.2 Å². The first kappa shape index (κ1) is 16.6. The lowest BCUT2D eigenvalue weighted by Gasteiger charge is -2.12. The molecule has 1 aromatic carbocycles. The molecule has 0 saturated heterocycles. The molecule has 8 heteroatoms. The van der Waals surface area contributed by atoms with Crippen molar-refractivity contribution in [3.8, 4) is 11.5 Å². The second-order valence-corrected chi connectivity index (χ2v) is 8.40. The van der Waals surface area contributed by atoms with E-state index >= 15 is 0 Å². The molecule has 2 heterocycles. The Morgan fingerprint density at radius 3 is 2.46 bits per heavy atom. The van der Waals surface area contributed by atoms with Gasteiger partial charge in [0.05, 0.1) is 22.3 Å². The van der Waals surface area contributed by atoms with Crippen LogP contribution in [0.3, 0.4) is 0 Å². The summed E-state index contributed by atoms with van der Waals surface area (Å²) in [7, 11) is -3.27. The Balaban J connectivity index is 1.53. The summed E-state index contributed by atoms with van der Waals surface area (Å²) in [4.78, 5) is 12.9. The quantitative estimate of drug-likeness (QED) is 0.738. The molecule has 0 spiro atoms. The van der Waals surface area contributed by atoms with Crippen molar-refractivity contribution in [2.75, 3.05) is 11.6 Å². The number of aromatic nitrogens is 1. The normalized spacial score (nSPS) is 15.6. The highest BCUT2D eigenvalue weighted by atomic mass is 32.2. The summed E-state index contributed by atoms with van der Waals surface area (Å²) in [5, 5.41) is 6.87. The number of anilines is 1. The van der Waals surface area contributed by atoms with Crippen LogP contribution in [0.25, 0.3) is 11.5 Å². The lowest BCUT2D eigenvalue weighted by molar-refractivity contribution is -0.118. The van der Waals surface area contributed by atoms with E-state index in [1.807, 2.05) is 0 Å². The van der Waals surface area contributed by atoms with Crippen LogP contribution in [-0.4, -0.2) is 25.7 Å². The van der Waals surface area contributed by atoms with Gasteiger partial charge in [0.15, 0.2) is 15.6 Å². The van der Waals surface area contributed by atoms with E-state index in [1.54, 1.807) is 30.3 Å². The van der Waals surface area contributed by atoms with Crippen molar-refractivity contribution < 1.29 is 22.2 Å². The monoisotopic (exact) mass is 372 g/mol. The Morgan fingerprint density at radius 2 is 1.88 bits per heavy atom. The number of furan rings is 1. The molecule has 1 amide bonds. The van der Waals surface area contributed by atoms with E-state index in [0.29, 0.717) is 35.7 Å². The molecular weight excluding hydrogens is 356 g/mol. The Kier molecular flexibility index (Phi) is 3.73. The van der Waals surface area contributed by atoms with Gasteiger partial charge in [-0.05, 0) is 49.2 Å². The van der Waals surface area contributed by atoms with Crippen molar-refractivity contribution in [3.63, 3.8) is 0 Å². The highest BCUT2D eigenvalue weighted by Crippen LogP contribution is 2.49. The Hall–Kier alpha value is -2.87. The minimum atomic E-state index is -3.27. The SMILES string of the molecule is CS(=O)(=O)c1ccc(NC(=O)C2(c3cc(-c4ccco4)on3)CC2)cc1. The number of nitrogens with zero attached hydrogens (tertiary/aromatic N) is 1. The predicted octanol–water partition coefficient (Wildman–Crippen LogP) is 3.01. The molecule has 26 heavy (non-hydrogen) atoms. The van der Waals surface area contributed by atoms with Crippen LogP contribution in [0.5, 0.6) is 0 Å². The van der Waals surface area contributed by atoms with Crippen molar-refractivity contribution >= 4 is 21.4 Å². The maximum atomic E-state index is 12.7. The number of hydrogen-bond acceptors (Lipinski definition) is 6. The topological polar surface area (TPSA) is 102 Å². The zero-order valence-electron chi connectivity index (χ0n) is 13.9. The van der Waals surface area contributed by atoms with Gasteiger partial charge < -0.3 is 14.3 Å². The van der Waals surface area contributed by atoms with Gasteiger partial charge in [0.25, 0.3) is 0 Å². The molecule has 0 atom stereocenters. The Morgan fingerprint density at radius 1 is 1.15 bits per heavy atom. The van der Waals surface area contributed by atoms with Gasteiger partial charge in [-0.15, -0.1) is 0 Å². The van der Waals surface area contributed by atoms with E-state index in [1.165, 1.54) is 18.4 Å². The number of hydrogen-bond donors (Lipinski definition) is 1. The average Bonchev–Trinajstić information content (AvgIpc) is 3.02. The first-order valence-corrected chi connectivity index (χ1v) is 9.90. The highest BCUT2D eigenvalue weighted by Gasteiger charge is 2.54. The first-order valence-electron chi connectivity index (χ1n) is 8.01. The lowest BCUT2D eigenvalue weighted by atomic mass is 10.0. The van der Waals surface area contributed by atoms with Gasteiger partial charge in [-0.3, -0.25) is 4.79 Å². The van der Waals surface area contributed by atoms with Gasteiger partial charge in [-0.25, -0.2) is 8.42 Å². The third-order valence-electron chi connectivity index (χ3n) is 4.49. The van der Waals surface area contributed by atoms with Gasteiger partial charge >= 0.3 is 0 Å². The summed E-state index contributed by atoms with van der Waals surface area (Å²) in [6, 6.07) is 11.3. The standard InChI is InChI=1S/C18H16N2O5S/c1-26(22,23)13-6-4-12(5-7-13)19-17(21)18(8-9-18)16-11-15(25-20-16)14-3-2-10-24-14/h2-7,10-11H,8-9H2,1H3,(H,19,21). The van der Waals surface area contributed by atoms with E-state index in [-0.39, 0.29) is 10.8 Å². The van der Waals surface area contributed by atoms with E-state index in [4.69, 9.17) is 8.94 Å². The molecule has 1 aliphatic rings. The van der Waals surface area contributed by atoms with E-state index in [0.717, 1.165) is 6.26 Å². The Labute approximate surface area is 149 Å². The third-order valence-corrected chi connectivity index (χ3v) is 5.62. The molecule has 134 valence electrons. The summed E-state index contributed by atoms with van der Waals surface area (Å²) >= 11 is 0. The number of sulfone groups is 1. The highest BCUT2D eigenvalue weighted by molar-refractivity contribution is 7.90. The number of nitrogens with one attached hydrogen (secondary N) is 1. The van der Waals surface area contributed by atoms with E-state index < -0.39 is 15.3 Å². The minimum Gasteiger partial charge on any atom is -0.461 e. The van der Waals surface area contributed by atoms with Gasteiger partial charge in [-0.2, -0.15) is 0 Å². The van der Waals surface area contributed by atoms with Gasteiger partial charge in [0.2, 0.25) is 11.7 Å². The van der Waals surface area contributed by atoms with Gasteiger partial charge in [0, 0.05) is 18.0 Å². The molecule has 1 saturated carbocycles. The first-order chi connectivity index (χ1) is 12.4. The second kappa shape index (κ2) is 5.84. The van der Waals surface area contributed by atoms with Crippen molar-refractivity contribution in [2.45, 2.75) is 23.2 Å². The second-order valence-electron chi connectivity index (χ2n) is 6.39. The zero-order chi connectivity index (χ0) is 18.4. The molecule has 4 rings (SSSR count). The fraction of sp³-hybridized carbons (Fsp3) is 0.222. The molecular formula is C18H16N2O5S. The molecule has 7 nitrogen and oxygen atoms in total. The molecule has 0 radical (unpaired) electrons. The summed E-state index contributed by atoms with van der Waals surface area (Å²) in [6.07, 6.45) is 4.02. The predicted molar refractivity (Wildman–Crippen MR) is 93.3 cm³/mol. The molecule has 1 aliphatic carbocycles. The van der Waals surface area contributed by atoms with E-state index in [2.05, 4.69) is 10.5 Å². The number of carbonyl (C=O) groups is 1. The van der Waals surface area contributed by atoms with Gasteiger partial charge in [-0.1, -0.05) is 5.16 Å². The van der Waals surface area contributed by atoms with Crippen LogP contribution in [-0.2, 0) is 20.0 Å². The van der Waals surface area contributed by atoms with Crippen LogP contribution in [0.4, 0.5) is 5.69 Å². The van der Waals surface area contributed by atoms with Crippen LogP contribution >= 0.6 is 0 Å². The van der Waals surface area contributed by atoms with Crippen molar-refractivity contribution in [2.24, 2.45) is 0 Å². The minimum absolute atomic E-state index is 0.191. The number of amides is 1. The Bertz CT molecular complexity index is 1050. The average molecular weight is 372 g/mol. The summed E-state index contributed by atoms with van der Waals surface area (Å²) in [5.74, 6) is 0.835. The fourth-order valence-electron chi connectivity index (χ4n) is 2.80. The zero-order valence-corrected chi connectivity index (χ0v) is 14.7. The maximum Gasteiger partial charge on any atom is 0.236 e. The molecule has 2 aromatic heterocycles. The molecule has 3 aromatic rings. The fourth-order valence-corrected chi connectivity index (χ4v) is 3.43. The van der Waals surface area contributed by atoms with Crippen molar-refractivity contribution in [1.29, 1.82) is 0 Å². The maximum absolute atomic E-state index is 12.7. The largest absolute Gasteiger partial charge is 0.461 e. The third kappa shape index (κ3) is 2.92. The smallest absolute Gasteiger partial charge is 0.236 e. The van der Waals surface area contributed by atoms with Crippen LogP contribution < -0.4 is 5.32 Å². The summed E-state index contributed by atoms with van der Waals surface area (Å²) < 4.78 is 33.6. The summed E-state index contributed by atoms with van der Waals surface area (Å²) in [5.41, 5.74) is 0.377. The number of carbonyl (C=O) groups excluding carboxylic acids is 1. The van der Waals surface area contributed by atoms with Gasteiger partial charge in [0.1, 0.15) is 0 Å². The molecule has 1 N–H and O–H groups in total. The van der Waals surface area contributed by atoms with Crippen LogP contribution in [0, 0.1) is 0 Å². The molecule has 0 unspecified atom stereocenters. The molecule has 0 aliphatic heterocycles. The van der Waals surface area contributed by atoms with Crippen LogP contribution in [0.1, 0.15) is 18.5 Å². The van der Waals surface area contributed by atoms with Crippen LogP contribution in [0.15, 0.2) is 62.6 Å². The number of benzene rings is 1. The molecule has 0 bridgehead atoms. The molecule has 1 fully saturated rings. The van der Waals surface area contributed by atoms with Crippen molar-refractivity contribution in [3.05, 3.63) is 54.4 Å².